The summed E-state index contributed by atoms with van der Waals surface area (Å²) < 4.78 is 16.7. The van der Waals surface area contributed by atoms with E-state index in [1.165, 1.54) is 17.8 Å². The highest BCUT2D eigenvalue weighted by Gasteiger charge is 2.33. The lowest BCUT2D eigenvalue weighted by Crippen LogP contribution is -2.42. The smallest absolute Gasteiger partial charge is 0.269 e. The fourth-order valence-electron chi connectivity index (χ4n) is 4.99. The number of thioether (sulfide) groups is 1. The number of hydrogen-bond acceptors (Lipinski definition) is 5. The number of hydrogen-bond donors (Lipinski definition) is 2. The van der Waals surface area contributed by atoms with Gasteiger partial charge >= 0.3 is 0 Å². The standard InChI is InChI=1S/C29H27FN5O2PS/c30-20-13-5-4-11-18(20)25-22(29-35(34-25)15-6-7-16-39-29)27(36)33-26-28(37)32-24-19(12-8-14-21(24)38)23(31-26)17-9-2-1-3-10-17/h2,4-5,8-14,26H,1,3,6-7,15-16,38H2,(H,32,37)(H,33,36)/t26-/m1/s1. The maximum absolute atomic E-state index is 14.9. The summed E-state index contributed by atoms with van der Waals surface area (Å²) >= 11 is 1.53. The highest BCUT2D eigenvalue weighted by atomic mass is 32.2. The van der Waals surface area contributed by atoms with Crippen LogP contribution in [-0.4, -0.2) is 39.2 Å². The Morgan fingerprint density at radius 1 is 1.13 bits per heavy atom. The summed E-state index contributed by atoms with van der Waals surface area (Å²) in [7, 11) is 2.65. The van der Waals surface area contributed by atoms with Gasteiger partial charge in [0.2, 0.25) is 6.17 Å². The summed E-state index contributed by atoms with van der Waals surface area (Å²) in [5.74, 6) is -0.607. The van der Waals surface area contributed by atoms with Crippen LogP contribution in [0.5, 0.6) is 0 Å². The van der Waals surface area contributed by atoms with E-state index in [9.17, 15) is 14.0 Å². The predicted molar refractivity (Wildman–Crippen MR) is 156 cm³/mol. The minimum absolute atomic E-state index is 0.246. The summed E-state index contributed by atoms with van der Waals surface area (Å²) in [6.45, 7) is 0.635. The minimum Gasteiger partial charge on any atom is -0.322 e. The first-order valence-corrected chi connectivity index (χ1v) is 14.5. The molecule has 198 valence electrons. The highest BCUT2D eigenvalue weighted by molar-refractivity contribution is 7.99. The van der Waals surface area contributed by atoms with Gasteiger partial charge in [0.15, 0.2) is 0 Å². The molecule has 2 amide bonds. The molecule has 1 aliphatic carbocycles. The van der Waals surface area contributed by atoms with E-state index in [2.05, 4.69) is 37.1 Å². The van der Waals surface area contributed by atoms with Gasteiger partial charge < -0.3 is 10.6 Å². The number of benzene rings is 2. The quantitative estimate of drug-likeness (QED) is 0.448. The van der Waals surface area contributed by atoms with Crippen LogP contribution >= 0.6 is 21.0 Å². The molecule has 0 spiro atoms. The second kappa shape index (κ2) is 10.9. The Morgan fingerprint density at radius 2 is 1.97 bits per heavy atom. The normalized spacial score (nSPS) is 18.6. The molecule has 1 aromatic heterocycles. The average Bonchev–Trinajstić information content (AvgIpc) is 3.05. The number of aliphatic imine (C=N–C) groups is 1. The fraction of sp³-hybridized carbons (Fsp3) is 0.241. The van der Waals surface area contributed by atoms with E-state index in [-0.39, 0.29) is 16.8 Å². The first-order chi connectivity index (χ1) is 19.0. The van der Waals surface area contributed by atoms with E-state index in [0.717, 1.165) is 47.9 Å². The molecule has 10 heteroatoms. The van der Waals surface area contributed by atoms with Crippen LogP contribution in [0, 0.1) is 5.82 Å². The van der Waals surface area contributed by atoms with Crippen molar-refractivity contribution in [3.63, 3.8) is 0 Å². The monoisotopic (exact) mass is 559 g/mol. The molecule has 3 aliphatic rings. The van der Waals surface area contributed by atoms with Gasteiger partial charge in [-0.15, -0.1) is 21.0 Å². The molecule has 0 fully saturated rings. The van der Waals surface area contributed by atoms with Gasteiger partial charge in [0.1, 0.15) is 16.5 Å². The second-order valence-electron chi connectivity index (χ2n) is 9.54. The minimum atomic E-state index is -1.19. The van der Waals surface area contributed by atoms with Gasteiger partial charge in [-0.25, -0.2) is 9.38 Å². The van der Waals surface area contributed by atoms with Crippen LogP contribution in [0.15, 0.2) is 76.3 Å². The van der Waals surface area contributed by atoms with Crippen molar-refractivity contribution < 1.29 is 14.0 Å². The van der Waals surface area contributed by atoms with Crippen LogP contribution in [0.25, 0.3) is 11.3 Å². The molecule has 6 rings (SSSR count). The number of fused-ring (bicyclic) bond motifs is 2. The Bertz CT molecular complexity index is 1580. The highest BCUT2D eigenvalue weighted by Crippen LogP contribution is 2.35. The van der Waals surface area contributed by atoms with E-state index in [1.807, 2.05) is 24.3 Å². The van der Waals surface area contributed by atoms with Crippen molar-refractivity contribution in [2.24, 2.45) is 4.99 Å². The molecule has 0 radical (unpaired) electrons. The first-order valence-electron chi connectivity index (χ1n) is 12.9. The molecule has 3 aromatic rings. The Labute approximate surface area is 232 Å². The number of aromatic nitrogens is 2. The molecule has 0 saturated carbocycles. The molecule has 7 nitrogen and oxygen atoms in total. The number of aryl methyl sites for hydroxylation is 1. The van der Waals surface area contributed by atoms with Gasteiger partial charge in [-0.2, -0.15) is 5.10 Å². The maximum atomic E-state index is 14.9. The van der Waals surface area contributed by atoms with Crippen molar-refractivity contribution in [3.8, 4) is 11.3 Å². The number of carbonyl (C=O) groups excluding carboxylic acids is 2. The zero-order chi connectivity index (χ0) is 26.9. The number of allylic oxidation sites excluding steroid dienone is 4. The van der Waals surface area contributed by atoms with Crippen LogP contribution in [0.2, 0.25) is 0 Å². The molecular weight excluding hydrogens is 532 g/mol. The lowest BCUT2D eigenvalue weighted by Gasteiger charge is -2.15. The topological polar surface area (TPSA) is 88.4 Å². The van der Waals surface area contributed by atoms with Crippen molar-refractivity contribution in [3.05, 3.63) is 83.2 Å². The van der Waals surface area contributed by atoms with E-state index < -0.39 is 23.8 Å². The molecule has 39 heavy (non-hydrogen) atoms. The van der Waals surface area contributed by atoms with Gasteiger partial charge in [0, 0.05) is 17.7 Å². The number of amides is 2. The van der Waals surface area contributed by atoms with Crippen molar-refractivity contribution in [2.75, 3.05) is 11.1 Å². The SMILES string of the molecule is O=C(N[C@H]1N=C(C2=CCCC=C2)c2cccc(P)c2NC1=O)c1c(-c2ccccc2F)nn2c1SCCCC2. The number of benzodiazepines with no additional fused rings is 1. The summed E-state index contributed by atoms with van der Waals surface area (Å²) in [6, 6.07) is 12.0. The molecule has 2 atom stereocenters. The fourth-order valence-corrected chi connectivity index (χ4v) is 6.49. The second-order valence-corrected chi connectivity index (χ2v) is 11.2. The van der Waals surface area contributed by atoms with E-state index in [4.69, 9.17) is 4.99 Å². The number of nitrogens with zero attached hydrogens (tertiary/aromatic N) is 3. The maximum Gasteiger partial charge on any atom is 0.269 e. The van der Waals surface area contributed by atoms with Crippen molar-refractivity contribution in [2.45, 2.75) is 43.4 Å². The molecule has 1 unspecified atom stereocenters. The van der Waals surface area contributed by atoms with E-state index in [0.29, 0.717) is 23.0 Å². The lowest BCUT2D eigenvalue weighted by molar-refractivity contribution is -0.117. The van der Waals surface area contributed by atoms with Crippen molar-refractivity contribution >= 4 is 49.5 Å². The summed E-state index contributed by atoms with van der Waals surface area (Å²) in [5.41, 5.74) is 3.74. The van der Waals surface area contributed by atoms with E-state index in [1.54, 1.807) is 22.9 Å². The first kappa shape index (κ1) is 25.7. The van der Waals surface area contributed by atoms with Crippen LogP contribution < -0.4 is 15.9 Å². The van der Waals surface area contributed by atoms with Gasteiger partial charge in [-0.05, 0) is 54.4 Å². The van der Waals surface area contributed by atoms with Gasteiger partial charge in [-0.3, -0.25) is 14.3 Å². The van der Waals surface area contributed by atoms with Crippen LogP contribution in [-0.2, 0) is 11.3 Å². The van der Waals surface area contributed by atoms with Crippen LogP contribution in [0.4, 0.5) is 10.1 Å². The molecule has 0 saturated heterocycles. The number of halogens is 1. The Hall–Kier alpha value is -3.55. The zero-order valence-electron chi connectivity index (χ0n) is 21.1. The molecule has 2 aromatic carbocycles. The zero-order valence-corrected chi connectivity index (χ0v) is 23.1. The molecule has 0 bridgehead atoms. The number of carbonyl (C=O) groups is 2. The summed E-state index contributed by atoms with van der Waals surface area (Å²) in [4.78, 5) is 32.2. The molecule has 2 N–H and O–H groups in total. The van der Waals surface area contributed by atoms with Crippen molar-refractivity contribution in [1.29, 1.82) is 0 Å². The molecule has 2 aliphatic heterocycles. The Balaban J connectivity index is 1.43. The van der Waals surface area contributed by atoms with Crippen LogP contribution in [0.3, 0.4) is 0 Å². The lowest BCUT2D eigenvalue weighted by atomic mass is 9.96. The summed E-state index contributed by atoms with van der Waals surface area (Å²) in [6.07, 6.45) is 8.69. The largest absolute Gasteiger partial charge is 0.322 e. The van der Waals surface area contributed by atoms with Crippen molar-refractivity contribution in [1.82, 2.24) is 15.1 Å². The third-order valence-electron chi connectivity index (χ3n) is 6.91. The van der Waals surface area contributed by atoms with Gasteiger partial charge in [0.05, 0.1) is 17.0 Å². The third kappa shape index (κ3) is 4.97. The number of para-hydroxylation sites is 1. The molecular formula is C29H27FN5O2PS. The predicted octanol–water partition coefficient (Wildman–Crippen LogP) is 4.85. The third-order valence-corrected chi connectivity index (χ3v) is 8.57. The number of rotatable bonds is 4. The van der Waals surface area contributed by atoms with E-state index >= 15 is 0 Å². The number of nitrogens with one attached hydrogen (secondary N) is 2. The Kier molecular flexibility index (Phi) is 7.19. The van der Waals surface area contributed by atoms with Gasteiger partial charge in [0.25, 0.3) is 11.8 Å². The summed E-state index contributed by atoms with van der Waals surface area (Å²) in [5, 5.41) is 12.0. The average molecular weight is 560 g/mol. The Morgan fingerprint density at radius 3 is 2.79 bits per heavy atom. The van der Waals surface area contributed by atoms with Gasteiger partial charge in [-0.1, -0.05) is 48.6 Å². The number of anilines is 1. The molecule has 3 heterocycles. The van der Waals surface area contributed by atoms with Crippen LogP contribution in [0.1, 0.15) is 41.6 Å².